The van der Waals surface area contributed by atoms with Crippen LogP contribution in [0.1, 0.15) is 11.1 Å². The molecule has 0 aliphatic heterocycles. The number of hydrogen-bond donors (Lipinski definition) is 4. The van der Waals surface area contributed by atoms with E-state index in [-0.39, 0.29) is 22.5 Å². The third-order valence-electron chi connectivity index (χ3n) is 7.26. The highest BCUT2D eigenvalue weighted by molar-refractivity contribution is 7.86. The molecule has 0 bridgehead atoms. The predicted molar refractivity (Wildman–Crippen MR) is 187 cm³/mol. The van der Waals surface area contributed by atoms with Gasteiger partial charge in [0.15, 0.2) is 0 Å². The molecule has 0 fully saturated rings. The Bertz CT molecular complexity index is 2370. The van der Waals surface area contributed by atoms with Gasteiger partial charge in [0, 0.05) is 22.1 Å². The van der Waals surface area contributed by atoms with Crippen molar-refractivity contribution in [2.24, 2.45) is 20.5 Å². The zero-order valence-corrected chi connectivity index (χ0v) is 26.5. The zero-order valence-electron chi connectivity index (χ0n) is 24.8. The second-order valence-corrected chi connectivity index (χ2v) is 13.4. The fraction of sp³-hybridized carbons (Fsp3) is 0. The van der Waals surface area contributed by atoms with Crippen LogP contribution < -0.4 is 11.5 Å². The number of azo groups is 2. The number of nitrogen functional groups attached to an aromatic ring is 2. The summed E-state index contributed by atoms with van der Waals surface area (Å²) in [7, 11) is -9.52. The van der Waals surface area contributed by atoms with Crippen molar-refractivity contribution in [2.45, 2.75) is 9.79 Å². The van der Waals surface area contributed by atoms with Gasteiger partial charge in [0.25, 0.3) is 20.2 Å². The van der Waals surface area contributed by atoms with Gasteiger partial charge in [-0.2, -0.15) is 27.1 Å². The van der Waals surface area contributed by atoms with Gasteiger partial charge < -0.3 is 11.5 Å². The van der Waals surface area contributed by atoms with Crippen molar-refractivity contribution < 1.29 is 25.9 Å². The fourth-order valence-electron chi connectivity index (χ4n) is 5.09. The minimum Gasteiger partial charge on any atom is -0.399 e. The van der Waals surface area contributed by atoms with Crippen molar-refractivity contribution in [1.29, 1.82) is 0 Å². The Labute approximate surface area is 275 Å². The van der Waals surface area contributed by atoms with Crippen LogP contribution in [0.3, 0.4) is 0 Å². The summed E-state index contributed by atoms with van der Waals surface area (Å²) >= 11 is 0. The SMILES string of the molecule is Nc1cc(N=Nc2ccc(/C=C/c3ccc(N=Nc4cc(N)cc5ccccc45)cc3S(=O)(=O)O)c(S(=O)(=O)O)c2)c2ccccc2c1. The van der Waals surface area contributed by atoms with E-state index in [0.717, 1.165) is 33.7 Å². The lowest BCUT2D eigenvalue weighted by Gasteiger charge is -2.07. The molecular formula is C34H26N6O6S2. The van der Waals surface area contributed by atoms with Gasteiger partial charge in [-0.05, 0) is 70.4 Å². The highest BCUT2D eigenvalue weighted by atomic mass is 32.2. The zero-order chi connectivity index (χ0) is 34.1. The molecule has 0 spiro atoms. The highest BCUT2D eigenvalue weighted by Crippen LogP contribution is 2.34. The molecule has 6 aromatic rings. The van der Waals surface area contributed by atoms with Crippen LogP contribution in [0.5, 0.6) is 0 Å². The van der Waals surface area contributed by atoms with Crippen LogP contribution in [0.15, 0.2) is 139 Å². The van der Waals surface area contributed by atoms with Gasteiger partial charge in [0.1, 0.15) is 9.79 Å². The summed E-state index contributed by atoms with van der Waals surface area (Å²) in [4.78, 5) is -0.998. The monoisotopic (exact) mass is 678 g/mol. The molecule has 0 atom stereocenters. The normalized spacial score (nSPS) is 12.6. The number of nitrogens with two attached hydrogens (primary N) is 2. The van der Waals surface area contributed by atoms with Crippen molar-refractivity contribution in [3.05, 3.63) is 120 Å². The standard InChI is InChI=1S/C34H26N6O6S2/c35-25-15-23-5-1-3-7-29(23)31(17-25)39-37-27-13-11-21(33(19-27)47(41,42)43)9-10-22-12-14-28(20-34(22)48(44,45)46)38-40-32-18-26(36)16-24-6-2-4-8-30(24)32/h1-20H,35-36H2,(H,41,42,43)(H,44,45,46)/b10-9+,39-37?,40-38?. The van der Waals surface area contributed by atoms with Gasteiger partial charge >= 0.3 is 0 Å². The second-order valence-electron chi connectivity index (χ2n) is 10.7. The molecule has 14 heteroatoms. The first-order valence-electron chi connectivity index (χ1n) is 14.2. The van der Waals surface area contributed by atoms with Crippen LogP contribution in [0.25, 0.3) is 33.7 Å². The molecule has 0 unspecified atom stereocenters. The molecule has 12 nitrogen and oxygen atoms in total. The van der Waals surface area contributed by atoms with E-state index in [1.54, 1.807) is 24.3 Å². The van der Waals surface area contributed by atoms with Gasteiger partial charge in [-0.25, -0.2) is 0 Å². The summed E-state index contributed by atoms with van der Waals surface area (Å²) in [6.07, 6.45) is 2.55. The molecule has 0 amide bonds. The van der Waals surface area contributed by atoms with E-state index in [2.05, 4.69) is 20.5 Å². The van der Waals surface area contributed by atoms with E-state index in [1.807, 2.05) is 48.5 Å². The minimum absolute atomic E-state index is 0.0180. The smallest absolute Gasteiger partial charge is 0.295 e. The lowest BCUT2D eigenvalue weighted by Crippen LogP contribution is -2.01. The topological polar surface area (TPSA) is 210 Å². The maximum atomic E-state index is 12.3. The Morgan fingerprint density at radius 2 is 0.896 bits per heavy atom. The molecule has 0 aromatic heterocycles. The van der Waals surface area contributed by atoms with E-state index in [4.69, 9.17) is 11.5 Å². The molecular weight excluding hydrogens is 653 g/mol. The summed E-state index contributed by atoms with van der Waals surface area (Å²) in [6.45, 7) is 0. The number of rotatable bonds is 8. The van der Waals surface area contributed by atoms with Crippen LogP contribution in [0.2, 0.25) is 0 Å². The number of fused-ring (bicyclic) bond motifs is 2. The molecule has 0 aliphatic rings. The van der Waals surface area contributed by atoms with Gasteiger partial charge in [0.2, 0.25) is 0 Å². The Balaban J connectivity index is 1.32. The van der Waals surface area contributed by atoms with Gasteiger partial charge in [-0.15, -0.1) is 10.2 Å². The van der Waals surface area contributed by atoms with Crippen LogP contribution >= 0.6 is 0 Å². The van der Waals surface area contributed by atoms with Crippen molar-refractivity contribution in [3.8, 4) is 0 Å². The molecule has 0 saturated carbocycles. The van der Waals surface area contributed by atoms with Gasteiger partial charge in [-0.1, -0.05) is 72.8 Å². The predicted octanol–water partition coefficient (Wildman–Crippen LogP) is 8.65. The van der Waals surface area contributed by atoms with Crippen molar-refractivity contribution >= 4 is 88.1 Å². The molecule has 48 heavy (non-hydrogen) atoms. The van der Waals surface area contributed by atoms with E-state index in [0.29, 0.717) is 22.7 Å². The molecule has 6 aromatic carbocycles. The molecule has 240 valence electrons. The van der Waals surface area contributed by atoms with Crippen LogP contribution in [0.4, 0.5) is 34.1 Å². The van der Waals surface area contributed by atoms with Crippen LogP contribution in [-0.4, -0.2) is 25.9 Å². The van der Waals surface area contributed by atoms with Crippen molar-refractivity contribution in [2.75, 3.05) is 11.5 Å². The lowest BCUT2D eigenvalue weighted by molar-refractivity contribution is 0.480. The average Bonchev–Trinajstić information content (AvgIpc) is 3.04. The maximum Gasteiger partial charge on any atom is 0.295 e. The summed E-state index contributed by atoms with van der Waals surface area (Å²) in [5.41, 5.74) is 14.1. The van der Waals surface area contributed by atoms with E-state index < -0.39 is 30.0 Å². The fourth-order valence-corrected chi connectivity index (χ4v) is 6.49. The number of anilines is 2. The summed E-state index contributed by atoms with van der Waals surface area (Å²) in [6, 6.07) is 29.6. The number of hydrogen-bond acceptors (Lipinski definition) is 10. The molecule has 0 radical (unpaired) electrons. The summed E-state index contributed by atoms with van der Waals surface area (Å²) in [5, 5.41) is 20.1. The molecule has 0 aliphatic carbocycles. The molecule has 6 rings (SSSR count). The second kappa shape index (κ2) is 12.8. The van der Waals surface area contributed by atoms with Crippen LogP contribution in [0, 0.1) is 0 Å². The Kier molecular flexibility index (Phi) is 8.56. The Morgan fingerprint density at radius 1 is 0.500 bits per heavy atom. The van der Waals surface area contributed by atoms with E-state index in [9.17, 15) is 25.9 Å². The van der Waals surface area contributed by atoms with Crippen molar-refractivity contribution in [3.63, 3.8) is 0 Å². The molecule has 0 heterocycles. The third kappa shape index (κ3) is 7.11. The average molecular weight is 679 g/mol. The lowest BCUT2D eigenvalue weighted by atomic mass is 10.1. The quantitative estimate of drug-likeness (QED) is 0.0528. The first kappa shape index (κ1) is 32.2. The Morgan fingerprint density at radius 3 is 1.29 bits per heavy atom. The third-order valence-corrected chi connectivity index (χ3v) is 9.08. The van der Waals surface area contributed by atoms with Gasteiger partial charge in [0.05, 0.1) is 22.7 Å². The number of nitrogens with zero attached hydrogens (tertiary/aromatic N) is 4. The largest absolute Gasteiger partial charge is 0.399 e. The van der Waals surface area contributed by atoms with Gasteiger partial charge in [-0.3, -0.25) is 9.11 Å². The highest BCUT2D eigenvalue weighted by Gasteiger charge is 2.18. The Hall–Kier alpha value is -5.80. The van der Waals surface area contributed by atoms with Crippen molar-refractivity contribution in [1.82, 2.24) is 0 Å². The molecule has 0 saturated heterocycles. The van der Waals surface area contributed by atoms with E-state index >= 15 is 0 Å². The van der Waals surface area contributed by atoms with Crippen LogP contribution in [-0.2, 0) is 20.2 Å². The first-order valence-corrected chi connectivity index (χ1v) is 17.0. The first-order chi connectivity index (χ1) is 22.8. The summed E-state index contributed by atoms with van der Waals surface area (Å²) < 4.78 is 69.3. The summed E-state index contributed by atoms with van der Waals surface area (Å²) in [5.74, 6) is 0. The molecule has 6 N–H and O–H groups in total. The maximum absolute atomic E-state index is 12.3. The number of benzene rings is 6. The van der Waals surface area contributed by atoms with E-state index in [1.165, 1.54) is 36.4 Å². The minimum atomic E-state index is -4.76.